The lowest BCUT2D eigenvalue weighted by Gasteiger charge is -2.35. The topological polar surface area (TPSA) is 121 Å². The molecule has 2 aliphatic rings. The molecular formula is C26H35ClN8O2. The number of carbonyl (C=O) groups excluding carboxylic acids is 2. The van der Waals surface area contributed by atoms with E-state index in [9.17, 15) is 9.59 Å². The van der Waals surface area contributed by atoms with Crippen LogP contribution in [0.15, 0.2) is 30.5 Å². The van der Waals surface area contributed by atoms with Crippen LogP contribution in [0.4, 0.5) is 16.3 Å². The molecule has 3 aromatic rings. The minimum atomic E-state index is -0.308. The lowest BCUT2D eigenvalue weighted by molar-refractivity contribution is 0.0607. The van der Waals surface area contributed by atoms with Gasteiger partial charge in [-0.25, -0.2) is 14.3 Å². The molecule has 0 aliphatic carbocycles. The van der Waals surface area contributed by atoms with E-state index in [1.165, 1.54) is 17.7 Å². The van der Waals surface area contributed by atoms with Crippen LogP contribution in [-0.2, 0) is 0 Å². The van der Waals surface area contributed by atoms with Gasteiger partial charge < -0.3 is 26.2 Å². The van der Waals surface area contributed by atoms with Crippen molar-refractivity contribution in [1.29, 1.82) is 0 Å². The van der Waals surface area contributed by atoms with Gasteiger partial charge in [0, 0.05) is 56.6 Å². The lowest BCUT2D eigenvalue weighted by atomic mass is 9.98. The highest BCUT2D eigenvalue weighted by molar-refractivity contribution is 6.31. The van der Waals surface area contributed by atoms with E-state index >= 15 is 0 Å². The Morgan fingerprint density at radius 1 is 1.08 bits per heavy atom. The molecule has 4 heterocycles. The number of likely N-dealkylation sites (tertiary alicyclic amines) is 1. The first-order chi connectivity index (χ1) is 17.3. The van der Waals surface area contributed by atoms with Crippen LogP contribution in [0.1, 0.15) is 59.8 Å². The zero-order valence-electron chi connectivity index (χ0n) is 21.7. The van der Waals surface area contributed by atoms with Gasteiger partial charge in [-0.1, -0.05) is 11.6 Å². The van der Waals surface area contributed by atoms with Crippen molar-refractivity contribution in [3.63, 3.8) is 0 Å². The van der Waals surface area contributed by atoms with Gasteiger partial charge in [-0.05, 0) is 57.2 Å². The van der Waals surface area contributed by atoms with Gasteiger partial charge >= 0.3 is 6.03 Å². The van der Waals surface area contributed by atoms with Crippen molar-refractivity contribution in [3.05, 3.63) is 52.3 Å². The third-order valence-corrected chi connectivity index (χ3v) is 7.23. The van der Waals surface area contributed by atoms with Crippen molar-refractivity contribution in [2.75, 3.05) is 43.9 Å². The number of aromatic nitrogens is 3. The summed E-state index contributed by atoms with van der Waals surface area (Å²) in [7, 11) is 3.31. The van der Waals surface area contributed by atoms with E-state index in [0.29, 0.717) is 22.8 Å². The van der Waals surface area contributed by atoms with Crippen molar-refractivity contribution >= 4 is 40.7 Å². The molecule has 3 amide bonds. The molecule has 1 atom stereocenters. The van der Waals surface area contributed by atoms with Gasteiger partial charge in [-0.15, -0.1) is 0 Å². The maximum Gasteiger partial charge on any atom is 0.321 e. The quantitative estimate of drug-likeness (QED) is 0.498. The minimum Gasteiger partial charge on any atom is -0.356 e. The Morgan fingerprint density at radius 3 is 2.54 bits per heavy atom. The van der Waals surface area contributed by atoms with Crippen LogP contribution >= 0.6 is 11.6 Å². The van der Waals surface area contributed by atoms with E-state index in [1.807, 2.05) is 21.7 Å². The predicted molar refractivity (Wildman–Crippen MR) is 146 cm³/mol. The standard InChI is InChI=1S/C26H32ClN7O2.H3N/c1-17-16-34-23(29-24(17)32-11-6-7-12-32)15-21(30-34)22-8-4-5-13-33(22)25(35)19-14-18(27)9-10-20(19)28-26(36)31(2)3;/h9-10,14-16,22H,4-8,11-13H2,1-3H3,(H,28,36);1H3/t22-;/m0./s1. The highest BCUT2D eigenvalue weighted by atomic mass is 35.5. The first-order valence-electron chi connectivity index (χ1n) is 12.5. The van der Waals surface area contributed by atoms with E-state index in [0.717, 1.165) is 55.1 Å². The Hall–Kier alpha value is -3.37. The van der Waals surface area contributed by atoms with Crippen molar-refractivity contribution in [3.8, 4) is 0 Å². The second kappa shape index (κ2) is 10.9. The molecule has 0 unspecified atom stereocenters. The number of carbonyl (C=O) groups is 2. The average Bonchev–Trinajstić information content (AvgIpc) is 3.54. The van der Waals surface area contributed by atoms with Gasteiger partial charge in [0.1, 0.15) is 5.82 Å². The van der Waals surface area contributed by atoms with Crippen molar-refractivity contribution in [2.24, 2.45) is 0 Å². The third-order valence-electron chi connectivity index (χ3n) is 6.99. The van der Waals surface area contributed by atoms with Crippen LogP contribution in [-0.4, -0.2) is 70.1 Å². The maximum atomic E-state index is 13.9. The number of nitrogens with one attached hydrogen (secondary N) is 1. The van der Waals surface area contributed by atoms with Crippen LogP contribution in [0.5, 0.6) is 0 Å². The zero-order valence-corrected chi connectivity index (χ0v) is 22.5. The Bertz CT molecular complexity index is 1300. The Morgan fingerprint density at radius 2 is 1.81 bits per heavy atom. The number of piperidine rings is 1. The average molecular weight is 527 g/mol. The molecule has 0 bridgehead atoms. The molecule has 0 spiro atoms. The number of rotatable bonds is 4. The summed E-state index contributed by atoms with van der Waals surface area (Å²) in [4.78, 5) is 36.7. The maximum absolute atomic E-state index is 13.9. The smallest absolute Gasteiger partial charge is 0.321 e. The molecule has 10 nitrogen and oxygen atoms in total. The van der Waals surface area contributed by atoms with E-state index in [1.54, 1.807) is 32.3 Å². The second-order valence-corrected chi connectivity index (χ2v) is 10.3. The van der Waals surface area contributed by atoms with Crippen LogP contribution in [0.3, 0.4) is 0 Å². The predicted octanol–water partition coefficient (Wildman–Crippen LogP) is 4.91. The van der Waals surface area contributed by atoms with Gasteiger partial charge in [-0.2, -0.15) is 5.10 Å². The fourth-order valence-corrected chi connectivity index (χ4v) is 5.27. The van der Waals surface area contributed by atoms with Crippen molar-refractivity contribution < 1.29 is 9.59 Å². The summed E-state index contributed by atoms with van der Waals surface area (Å²) in [6.07, 6.45) is 7.14. The van der Waals surface area contributed by atoms with E-state index < -0.39 is 0 Å². The molecule has 0 saturated carbocycles. The molecular weight excluding hydrogens is 492 g/mol. The molecule has 2 aromatic heterocycles. The van der Waals surface area contributed by atoms with Gasteiger partial charge in [-0.3, -0.25) is 4.79 Å². The number of anilines is 2. The molecule has 2 saturated heterocycles. The molecule has 2 fully saturated rings. The Kier molecular flexibility index (Phi) is 7.89. The number of fused-ring (bicyclic) bond motifs is 1. The number of halogens is 1. The van der Waals surface area contributed by atoms with Gasteiger partial charge in [0.05, 0.1) is 23.0 Å². The molecule has 5 rings (SSSR count). The SMILES string of the molecule is Cc1cn2nc([C@@H]3CCCCN3C(=O)c3cc(Cl)ccc3NC(=O)N(C)C)cc2nc1N1CCCC1.N. The van der Waals surface area contributed by atoms with E-state index in [4.69, 9.17) is 21.7 Å². The largest absolute Gasteiger partial charge is 0.356 e. The first-order valence-corrected chi connectivity index (χ1v) is 12.9. The summed E-state index contributed by atoms with van der Waals surface area (Å²) in [6.45, 7) is 4.74. The molecule has 37 heavy (non-hydrogen) atoms. The monoisotopic (exact) mass is 526 g/mol. The summed E-state index contributed by atoms with van der Waals surface area (Å²) < 4.78 is 1.82. The summed E-state index contributed by atoms with van der Waals surface area (Å²) >= 11 is 6.27. The Balaban J connectivity index is 0.00000320. The number of nitrogens with zero attached hydrogens (tertiary/aromatic N) is 6. The fraction of sp³-hybridized carbons (Fsp3) is 0.462. The molecule has 11 heteroatoms. The summed E-state index contributed by atoms with van der Waals surface area (Å²) in [6, 6.07) is 6.48. The number of aryl methyl sites for hydroxylation is 1. The molecule has 1 aromatic carbocycles. The molecule has 4 N–H and O–H groups in total. The normalized spacial score (nSPS) is 17.6. The summed E-state index contributed by atoms with van der Waals surface area (Å²) in [5.41, 5.74) is 3.52. The number of benzene rings is 1. The van der Waals surface area contributed by atoms with E-state index in [2.05, 4.69) is 17.1 Å². The summed E-state index contributed by atoms with van der Waals surface area (Å²) in [5.74, 6) is 0.846. The zero-order chi connectivity index (χ0) is 25.4. The third kappa shape index (κ3) is 5.35. The van der Waals surface area contributed by atoms with Crippen LogP contribution in [0.2, 0.25) is 5.02 Å². The number of amides is 3. The highest BCUT2D eigenvalue weighted by Crippen LogP contribution is 2.34. The van der Waals surface area contributed by atoms with Crippen LogP contribution < -0.4 is 16.4 Å². The number of hydrogen-bond acceptors (Lipinski definition) is 6. The molecule has 0 radical (unpaired) electrons. The van der Waals surface area contributed by atoms with E-state index in [-0.39, 0.29) is 24.1 Å². The fourth-order valence-electron chi connectivity index (χ4n) is 5.10. The van der Waals surface area contributed by atoms with Crippen LogP contribution in [0, 0.1) is 6.92 Å². The molecule has 2 aliphatic heterocycles. The van der Waals surface area contributed by atoms with Crippen molar-refractivity contribution in [1.82, 2.24) is 30.5 Å². The van der Waals surface area contributed by atoms with Gasteiger partial charge in [0.2, 0.25) is 0 Å². The number of hydrogen-bond donors (Lipinski definition) is 2. The lowest BCUT2D eigenvalue weighted by Crippen LogP contribution is -2.39. The number of urea groups is 1. The highest BCUT2D eigenvalue weighted by Gasteiger charge is 2.32. The minimum absolute atomic E-state index is 0. The first kappa shape index (κ1) is 26.7. The molecule has 198 valence electrons. The van der Waals surface area contributed by atoms with Gasteiger partial charge in [0.15, 0.2) is 5.65 Å². The van der Waals surface area contributed by atoms with Gasteiger partial charge in [0.25, 0.3) is 5.91 Å². The Labute approximate surface area is 222 Å². The summed E-state index contributed by atoms with van der Waals surface area (Å²) in [5, 5.41) is 8.10. The van der Waals surface area contributed by atoms with Crippen molar-refractivity contribution in [2.45, 2.75) is 45.1 Å². The second-order valence-electron chi connectivity index (χ2n) is 9.84. The van der Waals surface area contributed by atoms with Crippen LogP contribution in [0.25, 0.3) is 5.65 Å².